The SMILES string of the molecule is Cc1c(C(C)C)nc2ccc(NC(=O)c3ccc(/C=C/c4ccccn4)cc3)cn12. The second-order valence-corrected chi connectivity index (χ2v) is 7.55. The van der Waals surface area contributed by atoms with Gasteiger partial charge in [0.05, 0.1) is 17.1 Å². The first kappa shape index (κ1) is 19.6. The zero-order chi connectivity index (χ0) is 21.1. The summed E-state index contributed by atoms with van der Waals surface area (Å²) in [5, 5.41) is 2.98. The Bertz CT molecular complexity index is 1210. The number of aryl methyl sites for hydroxylation is 1. The maximum atomic E-state index is 12.7. The van der Waals surface area contributed by atoms with Gasteiger partial charge in [-0.3, -0.25) is 9.78 Å². The Hall–Kier alpha value is -3.73. The Morgan fingerprint density at radius 3 is 2.53 bits per heavy atom. The van der Waals surface area contributed by atoms with Crippen LogP contribution in [0.25, 0.3) is 17.8 Å². The fourth-order valence-electron chi connectivity index (χ4n) is 3.41. The second kappa shape index (κ2) is 8.33. The molecule has 0 bridgehead atoms. The Morgan fingerprint density at radius 2 is 1.83 bits per heavy atom. The van der Waals surface area contributed by atoms with E-state index in [2.05, 4.69) is 36.1 Å². The summed E-state index contributed by atoms with van der Waals surface area (Å²) in [5.74, 6) is 0.213. The number of hydrogen-bond acceptors (Lipinski definition) is 3. The third kappa shape index (κ3) is 4.15. The van der Waals surface area contributed by atoms with E-state index in [0.29, 0.717) is 11.5 Å². The van der Waals surface area contributed by atoms with E-state index in [1.54, 1.807) is 6.20 Å². The molecule has 0 aliphatic carbocycles. The van der Waals surface area contributed by atoms with Gasteiger partial charge in [0.2, 0.25) is 0 Å². The van der Waals surface area contributed by atoms with Crippen molar-refractivity contribution in [1.29, 1.82) is 0 Å². The Morgan fingerprint density at radius 1 is 1.03 bits per heavy atom. The first-order chi connectivity index (χ1) is 14.5. The van der Waals surface area contributed by atoms with Gasteiger partial charge >= 0.3 is 0 Å². The summed E-state index contributed by atoms with van der Waals surface area (Å²) >= 11 is 0. The maximum absolute atomic E-state index is 12.7. The highest BCUT2D eigenvalue weighted by Crippen LogP contribution is 2.22. The van der Waals surface area contributed by atoms with Gasteiger partial charge in [-0.2, -0.15) is 0 Å². The summed E-state index contributed by atoms with van der Waals surface area (Å²) in [6, 6.07) is 17.1. The lowest BCUT2D eigenvalue weighted by Gasteiger charge is -2.07. The van der Waals surface area contributed by atoms with Crippen LogP contribution in [0, 0.1) is 6.92 Å². The molecule has 0 saturated heterocycles. The van der Waals surface area contributed by atoms with Crippen LogP contribution in [0.4, 0.5) is 5.69 Å². The van der Waals surface area contributed by atoms with E-state index < -0.39 is 0 Å². The molecule has 5 heteroatoms. The topological polar surface area (TPSA) is 59.3 Å². The molecule has 150 valence electrons. The van der Waals surface area contributed by atoms with Crippen molar-refractivity contribution in [2.75, 3.05) is 5.32 Å². The minimum Gasteiger partial charge on any atom is -0.321 e. The van der Waals surface area contributed by atoms with E-state index in [1.165, 1.54) is 0 Å². The smallest absolute Gasteiger partial charge is 0.255 e. The van der Waals surface area contributed by atoms with Crippen molar-refractivity contribution >= 4 is 29.4 Å². The van der Waals surface area contributed by atoms with Crippen LogP contribution >= 0.6 is 0 Å². The van der Waals surface area contributed by atoms with Crippen molar-refractivity contribution < 1.29 is 4.79 Å². The number of carbonyl (C=O) groups is 1. The molecule has 5 nitrogen and oxygen atoms in total. The summed E-state index contributed by atoms with van der Waals surface area (Å²) in [6.07, 6.45) is 7.61. The van der Waals surface area contributed by atoms with Crippen LogP contribution < -0.4 is 5.32 Å². The molecular weight excluding hydrogens is 372 g/mol. The number of anilines is 1. The molecule has 0 unspecified atom stereocenters. The molecule has 4 rings (SSSR count). The zero-order valence-electron chi connectivity index (χ0n) is 17.3. The lowest BCUT2D eigenvalue weighted by Crippen LogP contribution is -2.12. The highest BCUT2D eigenvalue weighted by atomic mass is 16.1. The number of fused-ring (bicyclic) bond motifs is 1. The van der Waals surface area contributed by atoms with Crippen LogP contribution in [0.3, 0.4) is 0 Å². The van der Waals surface area contributed by atoms with Crippen LogP contribution in [0.15, 0.2) is 67.0 Å². The Balaban J connectivity index is 1.48. The summed E-state index contributed by atoms with van der Waals surface area (Å²) in [5.41, 5.74) is 6.31. The van der Waals surface area contributed by atoms with Gasteiger partial charge in [0.25, 0.3) is 5.91 Å². The summed E-state index contributed by atoms with van der Waals surface area (Å²) in [4.78, 5) is 21.6. The lowest BCUT2D eigenvalue weighted by molar-refractivity contribution is 0.102. The molecule has 0 spiro atoms. The van der Waals surface area contributed by atoms with Gasteiger partial charge in [-0.25, -0.2) is 4.98 Å². The van der Waals surface area contributed by atoms with Crippen molar-refractivity contribution in [2.45, 2.75) is 26.7 Å². The molecule has 4 aromatic rings. The van der Waals surface area contributed by atoms with Crippen LogP contribution in [0.5, 0.6) is 0 Å². The minimum atomic E-state index is -0.142. The second-order valence-electron chi connectivity index (χ2n) is 7.55. The number of nitrogens with one attached hydrogen (secondary N) is 1. The van der Waals surface area contributed by atoms with E-state index in [0.717, 1.165) is 34.0 Å². The van der Waals surface area contributed by atoms with Crippen molar-refractivity contribution in [1.82, 2.24) is 14.4 Å². The van der Waals surface area contributed by atoms with Crippen LogP contribution in [-0.4, -0.2) is 20.3 Å². The van der Waals surface area contributed by atoms with Crippen LogP contribution in [-0.2, 0) is 0 Å². The van der Waals surface area contributed by atoms with Crippen molar-refractivity contribution in [3.8, 4) is 0 Å². The molecule has 0 radical (unpaired) electrons. The molecule has 3 heterocycles. The number of benzene rings is 1. The number of imidazole rings is 1. The molecule has 30 heavy (non-hydrogen) atoms. The molecule has 0 saturated carbocycles. The predicted octanol–water partition coefficient (Wildman–Crippen LogP) is 5.58. The fourth-order valence-corrected chi connectivity index (χ4v) is 3.41. The van der Waals surface area contributed by atoms with E-state index in [9.17, 15) is 4.79 Å². The molecule has 1 N–H and O–H groups in total. The number of pyridine rings is 2. The van der Waals surface area contributed by atoms with Gasteiger partial charge in [0, 0.05) is 23.7 Å². The Kier molecular flexibility index (Phi) is 5.44. The van der Waals surface area contributed by atoms with Crippen molar-refractivity contribution in [3.63, 3.8) is 0 Å². The first-order valence-corrected chi connectivity index (χ1v) is 10.0. The van der Waals surface area contributed by atoms with E-state index >= 15 is 0 Å². The molecule has 0 fully saturated rings. The summed E-state index contributed by atoms with van der Waals surface area (Å²) in [6.45, 7) is 6.32. The number of amides is 1. The highest BCUT2D eigenvalue weighted by molar-refractivity contribution is 6.04. The van der Waals surface area contributed by atoms with Gasteiger partial charge in [-0.05, 0) is 60.9 Å². The number of carbonyl (C=O) groups excluding carboxylic acids is 1. The number of nitrogens with zero attached hydrogens (tertiary/aromatic N) is 3. The molecule has 0 aliphatic rings. The zero-order valence-corrected chi connectivity index (χ0v) is 17.3. The average molecular weight is 396 g/mol. The minimum absolute atomic E-state index is 0.142. The quantitative estimate of drug-likeness (QED) is 0.479. The first-order valence-electron chi connectivity index (χ1n) is 10.0. The molecule has 3 aromatic heterocycles. The monoisotopic (exact) mass is 396 g/mol. The lowest BCUT2D eigenvalue weighted by atomic mass is 10.1. The number of aromatic nitrogens is 3. The van der Waals surface area contributed by atoms with Crippen LogP contribution in [0.1, 0.15) is 52.8 Å². The van der Waals surface area contributed by atoms with Gasteiger partial charge in [-0.15, -0.1) is 0 Å². The summed E-state index contributed by atoms with van der Waals surface area (Å²) in [7, 11) is 0. The standard InChI is InChI=1S/C25H24N4O/c1-17(2)24-18(3)29-16-22(13-14-23(29)28-24)27-25(30)20-10-7-19(8-11-20)9-12-21-6-4-5-15-26-21/h4-17H,1-3H3,(H,27,30)/b12-9+. The maximum Gasteiger partial charge on any atom is 0.255 e. The fraction of sp³-hybridized carbons (Fsp3) is 0.160. The third-order valence-electron chi connectivity index (χ3n) is 5.01. The van der Waals surface area contributed by atoms with Gasteiger partial charge in [0.15, 0.2) is 0 Å². The molecule has 1 amide bonds. The normalized spacial score (nSPS) is 11.5. The summed E-state index contributed by atoms with van der Waals surface area (Å²) < 4.78 is 2.02. The van der Waals surface area contributed by atoms with E-state index in [4.69, 9.17) is 0 Å². The Labute approximate surface area is 176 Å². The van der Waals surface area contributed by atoms with Crippen LogP contribution in [0.2, 0.25) is 0 Å². The largest absolute Gasteiger partial charge is 0.321 e. The van der Waals surface area contributed by atoms with Gasteiger partial charge in [-0.1, -0.05) is 38.1 Å². The number of hydrogen-bond donors (Lipinski definition) is 1. The van der Waals surface area contributed by atoms with Gasteiger partial charge < -0.3 is 9.72 Å². The van der Waals surface area contributed by atoms with E-state index in [1.807, 2.05) is 77.3 Å². The van der Waals surface area contributed by atoms with Crippen molar-refractivity contribution in [3.05, 3.63) is 95.2 Å². The predicted molar refractivity (Wildman–Crippen MR) is 122 cm³/mol. The number of rotatable bonds is 5. The highest BCUT2D eigenvalue weighted by Gasteiger charge is 2.12. The third-order valence-corrected chi connectivity index (χ3v) is 5.01. The van der Waals surface area contributed by atoms with E-state index in [-0.39, 0.29) is 5.91 Å². The molecule has 1 aromatic carbocycles. The molecular formula is C25H24N4O. The molecule has 0 aliphatic heterocycles. The van der Waals surface area contributed by atoms with Gasteiger partial charge in [0.1, 0.15) is 5.65 Å². The average Bonchev–Trinajstić information content (AvgIpc) is 3.10. The van der Waals surface area contributed by atoms with Crippen molar-refractivity contribution in [2.24, 2.45) is 0 Å². The molecule has 0 atom stereocenters.